The highest BCUT2D eigenvalue weighted by molar-refractivity contribution is 6.30. The molecule has 1 aromatic heterocycles. The SMILES string of the molecule is Cc1cc2cc(CN3CCCC3)cnc2cc1NC(=O)c1ccc(-c2ccc(Cl)cc2)cc1. The first kappa shape index (κ1) is 21.6. The molecule has 0 atom stereocenters. The molecule has 33 heavy (non-hydrogen) atoms. The first-order chi connectivity index (χ1) is 16.0. The molecule has 0 radical (unpaired) electrons. The largest absolute Gasteiger partial charge is 0.322 e. The Morgan fingerprint density at radius 3 is 2.33 bits per heavy atom. The fourth-order valence-corrected chi connectivity index (χ4v) is 4.53. The molecule has 5 rings (SSSR count). The lowest BCUT2D eigenvalue weighted by molar-refractivity contribution is 0.102. The Balaban J connectivity index is 1.32. The number of nitrogens with zero attached hydrogens (tertiary/aromatic N) is 2. The Morgan fingerprint density at radius 2 is 1.64 bits per heavy atom. The molecule has 1 saturated heterocycles. The molecule has 3 aromatic carbocycles. The summed E-state index contributed by atoms with van der Waals surface area (Å²) in [5, 5.41) is 4.87. The van der Waals surface area contributed by atoms with E-state index < -0.39 is 0 Å². The number of aryl methyl sites for hydroxylation is 1. The van der Waals surface area contributed by atoms with Crippen LogP contribution in [-0.4, -0.2) is 28.9 Å². The standard InChI is InChI=1S/C28H26ClN3O/c1-19-14-24-15-20(18-32-12-2-3-13-32)17-30-27(24)16-26(19)31-28(33)23-6-4-21(5-7-23)22-8-10-25(29)11-9-22/h4-11,14-17H,2-3,12-13,18H2,1H3,(H,31,33). The lowest BCUT2D eigenvalue weighted by atomic mass is 10.0. The molecule has 0 unspecified atom stereocenters. The summed E-state index contributed by atoms with van der Waals surface area (Å²) in [6.07, 6.45) is 4.52. The zero-order valence-corrected chi connectivity index (χ0v) is 19.4. The van der Waals surface area contributed by atoms with Crippen molar-refractivity contribution < 1.29 is 4.79 Å². The van der Waals surface area contributed by atoms with Crippen LogP contribution >= 0.6 is 11.6 Å². The van der Waals surface area contributed by atoms with Gasteiger partial charge in [-0.2, -0.15) is 0 Å². The third-order valence-corrected chi connectivity index (χ3v) is 6.51. The van der Waals surface area contributed by atoms with Crippen LogP contribution in [0.15, 0.2) is 72.9 Å². The summed E-state index contributed by atoms with van der Waals surface area (Å²) in [4.78, 5) is 20.0. The second-order valence-corrected chi connectivity index (χ2v) is 9.16. The minimum Gasteiger partial charge on any atom is -0.322 e. The highest BCUT2D eigenvalue weighted by Crippen LogP contribution is 2.26. The molecule has 4 nitrogen and oxygen atoms in total. The number of likely N-dealkylation sites (tertiary alicyclic amines) is 1. The Hall–Kier alpha value is -3.21. The van der Waals surface area contributed by atoms with E-state index in [-0.39, 0.29) is 5.91 Å². The summed E-state index contributed by atoms with van der Waals surface area (Å²) in [5.74, 6) is -0.134. The van der Waals surface area contributed by atoms with E-state index in [9.17, 15) is 4.79 Å². The van der Waals surface area contributed by atoms with Crippen LogP contribution in [0.2, 0.25) is 5.02 Å². The molecule has 1 aliphatic rings. The molecule has 0 saturated carbocycles. The average Bonchev–Trinajstić information content (AvgIpc) is 3.33. The van der Waals surface area contributed by atoms with E-state index in [4.69, 9.17) is 11.6 Å². The zero-order valence-electron chi connectivity index (χ0n) is 18.6. The summed E-state index contributed by atoms with van der Waals surface area (Å²) in [7, 11) is 0. The highest BCUT2D eigenvalue weighted by Gasteiger charge is 2.13. The number of amides is 1. The van der Waals surface area contributed by atoms with Crippen LogP contribution in [0.5, 0.6) is 0 Å². The number of rotatable bonds is 5. The van der Waals surface area contributed by atoms with Gasteiger partial charge in [0.15, 0.2) is 0 Å². The van der Waals surface area contributed by atoms with E-state index >= 15 is 0 Å². The van der Waals surface area contributed by atoms with Crippen LogP contribution in [0.25, 0.3) is 22.0 Å². The molecule has 166 valence electrons. The van der Waals surface area contributed by atoms with Crippen molar-refractivity contribution in [2.75, 3.05) is 18.4 Å². The number of hydrogen-bond donors (Lipinski definition) is 1. The number of benzene rings is 3. The number of fused-ring (bicyclic) bond motifs is 1. The van der Waals surface area contributed by atoms with E-state index in [0.29, 0.717) is 10.6 Å². The maximum absolute atomic E-state index is 12.9. The van der Waals surface area contributed by atoms with Gasteiger partial charge in [-0.05, 0) is 97.6 Å². The molecule has 2 heterocycles. The van der Waals surface area contributed by atoms with E-state index in [1.54, 1.807) is 0 Å². The van der Waals surface area contributed by atoms with Crippen molar-refractivity contribution in [3.05, 3.63) is 94.6 Å². The minimum atomic E-state index is -0.134. The van der Waals surface area contributed by atoms with Crippen molar-refractivity contribution in [2.24, 2.45) is 0 Å². The van der Waals surface area contributed by atoms with Crippen molar-refractivity contribution in [3.8, 4) is 11.1 Å². The number of anilines is 1. The molecule has 1 amide bonds. The number of carbonyl (C=O) groups excluding carboxylic acids is 1. The lowest BCUT2D eigenvalue weighted by Crippen LogP contribution is -2.18. The van der Waals surface area contributed by atoms with Crippen molar-refractivity contribution in [1.29, 1.82) is 0 Å². The quantitative estimate of drug-likeness (QED) is 0.363. The van der Waals surface area contributed by atoms with E-state index in [1.807, 2.05) is 67.7 Å². The molecule has 0 bridgehead atoms. The number of halogens is 1. The highest BCUT2D eigenvalue weighted by atomic mass is 35.5. The van der Waals surface area contributed by atoms with Gasteiger partial charge in [-0.3, -0.25) is 14.7 Å². The number of hydrogen-bond acceptors (Lipinski definition) is 3. The first-order valence-electron chi connectivity index (χ1n) is 11.3. The second kappa shape index (κ2) is 9.34. The van der Waals surface area contributed by atoms with Crippen molar-refractivity contribution in [2.45, 2.75) is 26.3 Å². The van der Waals surface area contributed by atoms with Crippen LogP contribution in [0.3, 0.4) is 0 Å². The van der Waals surface area contributed by atoms with Gasteiger partial charge in [0.25, 0.3) is 5.91 Å². The number of pyridine rings is 1. The maximum Gasteiger partial charge on any atom is 0.255 e. The van der Waals surface area contributed by atoms with Gasteiger partial charge in [-0.1, -0.05) is 35.9 Å². The van der Waals surface area contributed by atoms with Crippen LogP contribution in [0.1, 0.15) is 34.3 Å². The minimum absolute atomic E-state index is 0.134. The Bertz CT molecular complexity index is 1290. The fraction of sp³-hybridized carbons (Fsp3) is 0.214. The first-order valence-corrected chi connectivity index (χ1v) is 11.7. The Labute approximate surface area is 199 Å². The summed E-state index contributed by atoms with van der Waals surface area (Å²) < 4.78 is 0. The number of aromatic nitrogens is 1. The number of carbonyl (C=O) groups is 1. The van der Waals surface area contributed by atoms with Gasteiger partial charge in [0.1, 0.15) is 0 Å². The van der Waals surface area contributed by atoms with Gasteiger partial charge in [-0.25, -0.2) is 0 Å². The molecular formula is C28H26ClN3O. The van der Waals surface area contributed by atoms with Crippen LogP contribution in [0.4, 0.5) is 5.69 Å². The molecule has 0 aliphatic carbocycles. The second-order valence-electron chi connectivity index (χ2n) is 8.73. The van der Waals surface area contributed by atoms with Crippen molar-refractivity contribution in [3.63, 3.8) is 0 Å². The van der Waals surface area contributed by atoms with Gasteiger partial charge in [-0.15, -0.1) is 0 Å². The van der Waals surface area contributed by atoms with Crippen LogP contribution in [-0.2, 0) is 6.54 Å². The topological polar surface area (TPSA) is 45.2 Å². The third kappa shape index (κ3) is 4.92. The van der Waals surface area contributed by atoms with Crippen LogP contribution < -0.4 is 5.32 Å². The zero-order chi connectivity index (χ0) is 22.8. The van der Waals surface area contributed by atoms with Gasteiger partial charge in [0.05, 0.1) is 5.52 Å². The van der Waals surface area contributed by atoms with Gasteiger partial charge < -0.3 is 5.32 Å². The average molecular weight is 456 g/mol. The smallest absolute Gasteiger partial charge is 0.255 e. The molecule has 1 aliphatic heterocycles. The molecule has 5 heteroatoms. The third-order valence-electron chi connectivity index (χ3n) is 6.26. The summed E-state index contributed by atoms with van der Waals surface area (Å²) in [5.41, 5.74) is 6.65. The van der Waals surface area contributed by atoms with Gasteiger partial charge in [0, 0.05) is 34.4 Å². The summed E-state index contributed by atoms with van der Waals surface area (Å²) in [6.45, 7) is 5.31. The van der Waals surface area contributed by atoms with Gasteiger partial charge in [0.2, 0.25) is 0 Å². The molecular weight excluding hydrogens is 430 g/mol. The maximum atomic E-state index is 12.9. The van der Waals surface area contributed by atoms with E-state index in [0.717, 1.165) is 39.8 Å². The van der Waals surface area contributed by atoms with E-state index in [2.05, 4.69) is 27.3 Å². The molecule has 4 aromatic rings. The Morgan fingerprint density at radius 1 is 0.970 bits per heavy atom. The molecule has 0 spiro atoms. The monoisotopic (exact) mass is 455 g/mol. The number of nitrogens with one attached hydrogen (secondary N) is 1. The molecule has 1 N–H and O–H groups in total. The predicted molar refractivity (Wildman–Crippen MR) is 136 cm³/mol. The summed E-state index contributed by atoms with van der Waals surface area (Å²) >= 11 is 5.97. The summed E-state index contributed by atoms with van der Waals surface area (Å²) in [6, 6.07) is 21.6. The van der Waals surface area contributed by atoms with Crippen LogP contribution in [0, 0.1) is 6.92 Å². The van der Waals surface area contributed by atoms with Gasteiger partial charge >= 0.3 is 0 Å². The lowest BCUT2D eigenvalue weighted by Gasteiger charge is -2.15. The van der Waals surface area contributed by atoms with Crippen molar-refractivity contribution >= 4 is 34.1 Å². The molecule has 1 fully saturated rings. The Kier molecular flexibility index (Phi) is 6.12. The van der Waals surface area contributed by atoms with E-state index in [1.165, 1.54) is 31.5 Å². The fourth-order valence-electron chi connectivity index (χ4n) is 4.41. The normalized spacial score (nSPS) is 14.0. The predicted octanol–water partition coefficient (Wildman–Crippen LogP) is 6.71. The van der Waals surface area contributed by atoms with Crippen molar-refractivity contribution in [1.82, 2.24) is 9.88 Å².